The molecule has 0 N–H and O–H groups in total. The van der Waals surface area contributed by atoms with Crippen LogP contribution in [0.15, 0.2) is 36.7 Å². The van der Waals surface area contributed by atoms with Crippen molar-refractivity contribution < 1.29 is 128 Å². The van der Waals surface area contributed by atoms with Crippen LogP contribution in [0, 0.1) is 0 Å². The normalized spacial score (nSPS) is 11.4. The highest BCUT2D eigenvalue weighted by Crippen LogP contribution is 2.18. The average molecular weight is 1060 g/mol. The number of fused-ring (bicyclic) bond motifs is 2. The zero-order valence-corrected chi connectivity index (χ0v) is 39.3. The third-order valence-electron chi connectivity index (χ3n) is 8.45. The van der Waals surface area contributed by atoms with Crippen molar-refractivity contribution in [1.82, 2.24) is 38.9 Å². The van der Waals surface area contributed by atoms with Gasteiger partial charge in [-0.25, -0.2) is 19.9 Å². The highest BCUT2D eigenvalue weighted by Gasteiger charge is 2.20. The molecule has 1 saturated heterocycles. The van der Waals surface area contributed by atoms with Crippen molar-refractivity contribution in [1.29, 1.82) is 0 Å². The third kappa shape index (κ3) is 30.3. The lowest BCUT2D eigenvalue weighted by Crippen LogP contribution is -2.46. The van der Waals surface area contributed by atoms with Gasteiger partial charge in [-0.2, -0.15) is 0 Å². The van der Waals surface area contributed by atoms with Crippen molar-refractivity contribution in [3.63, 3.8) is 0 Å². The van der Waals surface area contributed by atoms with Gasteiger partial charge < -0.3 is 142 Å². The van der Waals surface area contributed by atoms with Gasteiger partial charge in [0.1, 0.15) is 22.7 Å². The molecule has 4 aromatic heterocycles. The zero-order valence-electron chi connectivity index (χ0n) is 39.3. The molecular formula is C41H42N8O26-12. The molecule has 75 heavy (non-hydrogen) atoms. The number of carboxylic acids is 12. The molecular weight excluding hydrogens is 1020 g/mol. The number of unbranched alkanes of at least 4 members (excludes halogenated alkanes) is 1. The molecule has 0 saturated carbocycles. The minimum Gasteiger partial charge on any atom is -0.543 e. The van der Waals surface area contributed by atoms with Gasteiger partial charge in [-0.05, 0) is 57.5 Å². The second-order valence-electron chi connectivity index (χ2n) is 13.5. The van der Waals surface area contributed by atoms with E-state index in [1.807, 2.05) is 50.5 Å². The first-order chi connectivity index (χ1) is 35.1. The number of carbonyl (C=O) groups is 12. The van der Waals surface area contributed by atoms with Gasteiger partial charge >= 0.3 is 0 Å². The summed E-state index contributed by atoms with van der Waals surface area (Å²) in [6.45, 7) is 14.7. The number of rotatable bonds is 15. The molecule has 0 spiro atoms. The Labute approximate surface area is 420 Å². The van der Waals surface area contributed by atoms with E-state index in [1.165, 1.54) is 6.42 Å². The minimum absolute atomic E-state index is 0.679. The third-order valence-corrected chi connectivity index (χ3v) is 8.45. The minimum atomic E-state index is -2.19. The van der Waals surface area contributed by atoms with Gasteiger partial charge in [-0.3, -0.25) is 4.90 Å². The van der Waals surface area contributed by atoms with Crippen LogP contribution in [0.1, 0.15) is 38.3 Å². The number of hydrogen-bond donors (Lipinski definition) is 0. The molecule has 34 heteroatoms. The molecule has 34 nitrogen and oxygen atoms in total. The van der Waals surface area contributed by atoms with Crippen molar-refractivity contribution in [3.8, 4) is 0 Å². The molecule has 5 heterocycles. The fourth-order valence-electron chi connectivity index (χ4n) is 5.38. The van der Waals surface area contributed by atoms with Crippen LogP contribution in [0.4, 0.5) is 0 Å². The van der Waals surface area contributed by atoms with Crippen molar-refractivity contribution in [2.45, 2.75) is 52.7 Å². The first-order valence-electron chi connectivity index (χ1n) is 20.9. The Bertz CT molecular complexity index is 2290. The van der Waals surface area contributed by atoms with Gasteiger partial charge in [0.25, 0.3) is 0 Å². The first kappa shape index (κ1) is 67.8. The monoisotopic (exact) mass is 1060 g/mol. The molecule has 0 bridgehead atoms. The highest BCUT2D eigenvalue weighted by atomic mass is 16.5. The molecule has 0 atom stereocenters. The molecule has 0 unspecified atom stereocenters. The maximum atomic E-state index is 8.93. The molecule has 0 amide bonds. The van der Waals surface area contributed by atoms with Gasteiger partial charge in [0.05, 0.1) is 91.4 Å². The number of pyridine rings is 2. The first-order valence-corrected chi connectivity index (χ1v) is 20.9. The Morgan fingerprint density at radius 2 is 0.747 bits per heavy atom. The maximum Gasteiger partial charge on any atom is 0.160 e. The summed E-state index contributed by atoms with van der Waals surface area (Å²) in [7, 11) is 0. The zero-order chi connectivity index (χ0) is 57.8. The van der Waals surface area contributed by atoms with E-state index in [4.69, 9.17) is 138 Å². The van der Waals surface area contributed by atoms with Crippen molar-refractivity contribution in [2.75, 3.05) is 59.2 Å². The Kier molecular flexibility index (Phi) is 33.9. The van der Waals surface area contributed by atoms with E-state index in [0.29, 0.717) is 13.2 Å². The summed E-state index contributed by atoms with van der Waals surface area (Å²) in [6, 6.07) is 8.01. The van der Waals surface area contributed by atoms with Crippen molar-refractivity contribution >= 4 is 94.0 Å². The second-order valence-corrected chi connectivity index (χ2v) is 13.5. The molecule has 1 fully saturated rings. The van der Waals surface area contributed by atoms with Gasteiger partial charge in [-0.1, -0.05) is 0 Å². The number of carboxylic acid groups (broad SMARTS) is 12. The van der Waals surface area contributed by atoms with E-state index in [2.05, 4.69) is 28.9 Å². The van der Waals surface area contributed by atoms with E-state index in [9.17, 15) is 0 Å². The smallest absolute Gasteiger partial charge is 0.160 e. The van der Waals surface area contributed by atoms with Crippen LogP contribution in [-0.4, -0.2) is 170 Å². The number of imidazole rings is 2. The number of aliphatic carboxylic acids is 12. The largest absolute Gasteiger partial charge is 0.543 e. The van der Waals surface area contributed by atoms with Crippen LogP contribution < -0.4 is 61.3 Å². The van der Waals surface area contributed by atoms with E-state index >= 15 is 0 Å². The van der Waals surface area contributed by atoms with E-state index in [1.54, 1.807) is 0 Å². The Balaban J connectivity index is 0. The SMILES string of the molecule is CCOCCn1c(CCCCN2CCN(Cc3nc4cccnc4n3CCOCC)CC2)nc2cccnc21.O=C([O-])C(=O)[O-].O=C([O-])C(=O)[O-].O=C([O-])C(=O)[O-].O=C([O-])C(=O)[O-].O=C([O-])C(=O)[O-].O=C([O-])C(=O)[O-]. The lowest BCUT2D eigenvalue weighted by Gasteiger charge is -2.34. The number of ether oxygens (including phenoxy) is 2. The molecule has 0 aliphatic carbocycles. The average Bonchev–Trinajstić information content (AvgIpc) is 3.88. The number of nitrogens with zero attached hydrogens (tertiary/aromatic N) is 8. The van der Waals surface area contributed by atoms with Gasteiger partial charge in [0.15, 0.2) is 11.3 Å². The summed E-state index contributed by atoms with van der Waals surface area (Å²) >= 11 is 0. The van der Waals surface area contributed by atoms with Crippen molar-refractivity contribution in [3.05, 3.63) is 48.3 Å². The summed E-state index contributed by atoms with van der Waals surface area (Å²) in [5, 5.41) is 107. The summed E-state index contributed by atoms with van der Waals surface area (Å²) in [6.07, 6.45) is 6.94. The molecule has 1 aliphatic heterocycles. The van der Waals surface area contributed by atoms with Crippen LogP contribution in [0.3, 0.4) is 0 Å². The lowest BCUT2D eigenvalue weighted by atomic mass is 10.2. The second kappa shape index (κ2) is 37.5. The standard InChI is InChI=1S/C29H42N8O2.6C2H2O4/c1-3-38-21-19-36-26(32-24-9-7-12-30-28(24)36)11-5-6-14-34-15-17-35(18-16-34)23-27-33-25-10-8-13-31-29(25)37(27)20-22-39-4-2;6*3-1(4)2(5)6/h7-10,12-13H,3-6,11,14-23H2,1-2H3;6*(H,3,4)(H,5,6)/p-12. The summed E-state index contributed by atoms with van der Waals surface area (Å²) in [5.41, 5.74) is 3.85. The fourth-order valence-corrected chi connectivity index (χ4v) is 5.38. The highest BCUT2D eigenvalue weighted by molar-refractivity contribution is 6.26. The Morgan fingerprint density at radius 1 is 0.440 bits per heavy atom. The number of aromatic nitrogens is 6. The predicted molar refractivity (Wildman–Crippen MR) is 213 cm³/mol. The fraction of sp³-hybridized carbons (Fsp3) is 0.415. The molecule has 0 radical (unpaired) electrons. The van der Waals surface area contributed by atoms with Crippen LogP contribution in [-0.2, 0) is 93.1 Å². The van der Waals surface area contributed by atoms with E-state index < -0.39 is 71.6 Å². The molecule has 1 aliphatic rings. The van der Waals surface area contributed by atoms with Crippen molar-refractivity contribution in [2.24, 2.45) is 0 Å². The molecule has 414 valence electrons. The van der Waals surface area contributed by atoms with Crippen LogP contribution in [0.2, 0.25) is 0 Å². The Hall–Kier alpha value is -9.28. The number of aryl methyl sites for hydroxylation is 1. The van der Waals surface area contributed by atoms with Crippen LogP contribution in [0.5, 0.6) is 0 Å². The quantitative estimate of drug-likeness (QED) is 0.0788. The Morgan fingerprint density at radius 3 is 1.07 bits per heavy atom. The molecule has 0 aromatic carbocycles. The van der Waals surface area contributed by atoms with Gasteiger partial charge in [-0.15, -0.1) is 0 Å². The van der Waals surface area contributed by atoms with E-state index in [0.717, 1.165) is 112 Å². The molecule has 5 rings (SSSR count). The number of carbonyl (C=O) groups excluding carboxylic acids is 12. The van der Waals surface area contributed by atoms with E-state index in [-0.39, 0.29) is 0 Å². The lowest BCUT2D eigenvalue weighted by molar-refractivity contribution is -0.345. The number of hydrogen-bond acceptors (Lipinski definition) is 32. The van der Waals surface area contributed by atoms with Crippen LogP contribution in [0.25, 0.3) is 22.3 Å². The van der Waals surface area contributed by atoms with Crippen LogP contribution >= 0.6 is 0 Å². The van der Waals surface area contributed by atoms with Gasteiger partial charge in [0, 0.05) is 71.3 Å². The summed E-state index contributed by atoms with van der Waals surface area (Å²) < 4.78 is 15.7. The number of piperazine rings is 1. The topological polar surface area (TPSA) is 568 Å². The summed E-state index contributed by atoms with van der Waals surface area (Å²) in [5.74, 6) is -24.0. The summed E-state index contributed by atoms with van der Waals surface area (Å²) in [4.78, 5) is 131. The predicted octanol–water partition coefficient (Wildman–Crippen LogP) is -17.7. The maximum absolute atomic E-state index is 8.93. The molecule has 4 aromatic rings. The van der Waals surface area contributed by atoms with Gasteiger partial charge in [0.2, 0.25) is 0 Å².